The van der Waals surface area contributed by atoms with E-state index in [1.54, 1.807) is 6.07 Å². The zero-order chi connectivity index (χ0) is 12.7. The standard InChI is InChI=1S/C10H10BrNO4S/c11-8-2-1-7(16-8)9(13)10(5-12)3-4-17(14,15)6-10/h1-2,9,13H,3-4,6H2. The Morgan fingerprint density at radius 2 is 2.29 bits per heavy atom. The van der Waals surface area contributed by atoms with E-state index in [0.29, 0.717) is 4.67 Å². The van der Waals surface area contributed by atoms with Gasteiger partial charge in [0.2, 0.25) is 0 Å². The second-order valence-electron chi connectivity index (χ2n) is 4.15. The molecule has 0 amide bonds. The summed E-state index contributed by atoms with van der Waals surface area (Å²) in [7, 11) is -3.25. The van der Waals surface area contributed by atoms with Crippen molar-refractivity contribution in [2.75, 3.05) is 11.5 Å². The molecule has 1 aliphatic heterocycles. The van der Waals surface area contributed by atoms with Crippen LogP contribution in [0.1, 0.15) is 18.3 Å². The minimum Gasteiger partial charge on any atom is -0.452 e. The number of hydrogen-bond donors (Lipinski definition) is 1. The van der Waals surface area contributed by atoms with Gasteiger partial charge < -0.3 is 9.52 Å². The molecule has 2 rings (SSSR count). The van der Waals surface area contributed by atoms with Crippen molar-refractivity contribution in [2.24, 2.45) is 5.41 Å². The molecule has 2 heterocycles. The van der Waals surface area contributed by atoms with Gasteiger partial charge >= 0.3 is 0 Å². The van der Waals surface area contributed by atoms with E-state index in [2.05, 4.69) is 15.9 Å². The minimum absolute atomic E-state index is 0.0699. The predicted octanol–water partition coefficient (Wildman–Crippen LogP) is 1.40. The Labute approximate surface area is 107 Å². The van der Waals surface area contributed by atoms with E-state index in [0.717, 1.165) is 0 Å². The van der Waals surface area contributed by atoms with Crippen molar-refractivity contribution in [3.8, 4) is 6.07 Å². The van der Waals surface area contributed by atoms with E-state index in [1.807, 2.05) is 6.07 Å². The number of nitrogens with zero attached hydrogens (tertiary/aromatic N) is 1. The van der Waals surface area contributed by atoms with Crippen LogP contribution in [0.2, 0.25) is 0 Å². The largest absolute Gasteiger partial charge is 0.452 e. The van der Waals surface area contributed by atoms with Gasteiger partial charge in [0.15, 0.2) is 14.5 Å². The Morgan fingerprint density at radius 1 is 1.59 bits per heavy atom. The molecular weight excluding hydrogens is 310 g/mol. The smallest absolute Gasteiger partial charge is 0.169 e. The highest BCUT2D eigenvalue weighted by Gasteiger charge is 2.49. The van der Waals surface area contributed by atoms with Crippen LogP contribution in [0, 0.1) is 16.7 Å². The van der Waals surface area contributed by atoms with Gasteiger partial charge in [-0.05, 0) is 34.5 Å². The van der Waals surface area contributed by atoms with E-state index < -0.39 is 21.4 Å². The van der Waals surface area contributed by atoms with Gasteiger partial charge in [0, 0.05) is 0 Å². The first-order valence-electron chi connectivity index (χ1n) is 4.93. The molecule has 1 aromatic rings. The fourth-order valence-electron chi connectivity index (χ4n) is 1.99. The first kappa shape index (κ1) is 12.6. The summed E-state index contributed by atoms with van der Waals surface area (Å²) in [4.78, 5) is 0. The Kier molecular flexibility index (Phi) is 3.06. The van der Waals surface area contributed by atoms with E-state index in [4.69, 9.17) is 9.68 Å². The Hall–Kier alpha value is -0.840. The maximum absolute atomic E-state index is 11.4. The normalized spacial score (nSPS) is 28.8. The summed E-state index contributed by atoms with van der Waals surface area (Å²) in [5.74, 6) is -0.189. The maximum atomic E-state index is 11.4. The number of aliphatic hydroxyl groups excluding tert-OH is 1. The van der Waals surface area contributed by atoms with Crippen LogP contribution in [0.5, 0.6) is 0 Å². The number of furan rings is 1. The first-order valence-corrected chi connectivity index (χ1v) is 7.55. The molecule has 1 fully saturated rings. The SMILES string of the molecule is N#CC1(C(O)c2ccc(Br)o2)CCS(=O)(=O)C1. The third kappa shape index (κ3) is 2.25. The van der Waals surface area contributed by atoms with Crippen molar-refractivity contribution in [1.29, 1.82) is 5.26 Å². The summed E-state index contributed by atoms with van der Waals surface area (Å²) in [6, 6.07) is 5.05. The molecule has 17 heavy (non-hydrogen) atoms. The van der Waals surface area contributed by atoms with Gasteiger partial charge in [-0.3, -0.25) is 0 Å². The van der Waals surface area contributed by atoms with Crippen molar-refractivity contribution in [2.45, 2.75) is 12.5 Å². The summed E-state index contributed by atoms with van der Waals surface area (Å²) in [5.41, 5.74) is -1.30. The Balaban J connectivity index is 2.35. The molecule has 1 saturated heterocycles. The second-order valence-corrected chi connectivity index (χ2v) is 7.12. The van der Waals surface area contributed by atoms with Crippen molar-refractivity contribution >= 4 is 25.8 Å². The number of aliphatic hydroxyl groups is 1. The number of nitriles is 1. The molecule has 1 aliphatic rings. The quantitative estimate of drug-likeness (QED) is 0.889. The van der Waals surface area contributed by atoms with Crippen molar-refractivity contribution in [3.63, 3.8) is 0 Å². The summed E-state index contributed by atoms with van der Waals surface area (Å²) < 4.78 is 28.5. The topological polar surface area (TPSA) is 91.3 Å². The third-order valence-corrected chi connectivity index (χ3v) is 5.15. The first-order chi connectivity index (χ1) is 7.88. The van der Waals surface area contributed by atoms with Gasteiger partial charge in [0.1, 0.15) is 17.3 Å². The van der Waals surface area contributed by atoms with Gasteiger partial charge in [-0.15, -0.1) is 0 Å². The number of halogens is 1. The molecular formula is C10H10BrNO4S. The van der Waals surface area contributed by atoms with Gasteiger partial charge in [-0.2, -0.15) is 5.26 Å². The summed E-state index contributed by atoms with van der Waals surface area (Å²) in [5, 5.41) is 19.3. The van der Waals surface area contributed by atoms with Crippen molar-refractivity contribution < 1.29 is 17.9 Å². The van der Waals surface area contributed by atoms with Crippen LogP contribution < -0.4 is 0 Å². The molecule has 1 aromatic heterocycles. The predicted molar refractivity (Wildman–Crippen MR) is 62.7 cm³/mol. The molecule has 1 N–H and O–H groups in total. The number of sulfone groups is 1. The lowest BCUT2D eigenvalue weighted by atomic mass is 9.82. The van der Waals surface area contributed by atoms with E-state index in [9.17, 15) is 13.5 Å². The highest BCUT2D eigenvalue weighted by Crippen LogP contribution is 2.43. The third-order valence-electron chi connectivity index (χ3n) is 2.95. The molecule has 0 saturated carbocycles. The minimum atomic E-state index is -3.25. The molecule has 0 radical (unpaired) electrons. The van der Waals surface area contributed by atoms with E-state index in [-0.39, 0.29) is 23.7 Å². The van der Waals surface area contributed by atoms with Crippen molar-refractivity contribution in [1.82, 2.24) is 0 Å². The molecule has 92 valence electrons. The van der Waals surface area contributed by atoms with Gasteiger partial charge in [-0.1, -0.05) is 0 Å². The van der Waals surface area contributed by atoms with Crippen molar-refractivity contribution in [3.05, 3.63) is 22.6 Å². The zero-order valence-electron chi connectivity index (χ0n) is 8.76. The molecule has 0 aromatic carbocycles. The lowest BCUT2D eigenvalue weighted by Gasteiger charge is -2.23. The van der Waals surface area contributed by atoms with Gasteiger partial charge in [-0.25, -0.2) is 8.42 Å². The molecule has 2 atom stereocenters. The maximum Gasteiger partial charge on any atom is 0.169 e. The zero-order valence-corrected chi connectivity index (χ0v) is 11.2. The van der Waals surface area contributed by atoms with Crippen LogP contribution >= 0.6 is 15.9 Å². The summed E-state index contributed by atoms with van der Waals surface area (Å²) >= 11 is 3.09. The van der Waals surface area contributed by atoms with Crippen LogP contribution in [-0.4, -0.2) is 25.0 Å². The van der Waals surface area contributed by atoms with Gasteiger partial charge in [0.05, 0.1) is 17.6 Å². The molecule has 0 bridgehead atoms. The fourth-order valence-corrected chi connectivity index (χ4v) is 4.28. The Morgan fingerprint density at radius 3 is 2.71 bits per heavy atom. The van der Waals surface area contributed by atoms with Crippen LogP contribution in [-0.2, 0) is 9.84 Å². The van der Waals surface area contributed by atoms with Crippen LogP contribution in [0.4, 0.5) is 0 Å². The van der Waals surface area contributed by atoms with E-state index in [1.165, 1.54) is 6.07 Å². The van der Waals surface area contributed by atoms with Gasteiger partial charge in [0.25, 0.3) is 0 Å². The highest BCUT2D eigenvalue weighted by molar-refractivity contribution is 9.10. The average Bonchev–Trinajstić information content (AvgIpc) is 2.82. The Bertz CT molecular complexity index is 573. The monoisotopic (exact) mass is 319 g/mol. The van der Waals surface area contributed by atoms with Crippen LogP contribution in [0.15, 0.2) is 21.2 Å². The molecule has 7 heteroatoms. The average molecular weight is 320 g/mol. The molecule has 0 spiro atoms. The van der Waals surface area contributed by atoms with Crippen LogP contribution in [0.25, 0.3) is 0 Å². The summed E-state index contributed by atoms with van der Waals surface area (Å²) in [6.07, 6.45) is -1.10. The highest BCUT2D eigenvalue weighted by atomic mass is 79.9. The number of rotatable bonds is 2. The summed E-state index contributed by atoms with van der Waals surface area (Å²) in [6.45, 7) is 0. The lowest BCUT2D eigenvalue weighted by molar-refractivity contribution is 0.0581. The van der Waals surface area contributed by atoms with E-state index >= 15 is 0 Å². The molecule has 5 nitrogen and oxygen atoms in total. The molecule has 2 unspecified atom stereocenters. The second kappa shape index (κ2) is 4.12. The van der Waals surface area contributed by atoms with Crippen LogP contribution in [0.3, 0.4) is 0 Å². The lowest BCUT2D eigenvalue weighted by Crippen LogP contribution is -2.28. The molecule has 0 aliphatic carbocycles. The fraction of sp³-hybridized carbons (Fsp3) is 0.500. The number of hydrogen-bond acceptors (Lipinski definition) is 5.